The number of benzene rings is 2. The number of nitrogens with zero attached hydrogens (tertiary/aromatic N) is 1. The minimum atomic E-state index is -0.648. The molecular formula is C18H18N2O5. The molecule has 1 N–H and O–H groups in total. The van der Waals surface area contributed by atoms with E-state index in [1.165, 1.54) is 12.1 Å². The molecule has 0 aliphatic carbocycles. The number of hydrogen-bond acceptors (Lipinski definition) is 5. The fourth-order valence-corrected chi connectivity index (χ4v) is 2.18. The van der Waals surface area contributed by atoms with Gasteiger partial charge in [0, 0.05) is 6.07 Å². The number of anilines is 1. The van der Waals surface area contributed by atoms with Crippen LogP contribution in [0.2, 0.25) is 0 Å². The molecule has 0 unspecified atom stereocenters. The Hall–Kier alpha value is -3.22. The first-order valence-electron chi connectivity index (χ1n) is 7.71. The maximum atomic E-state index is 11.9. The van der Waals surface area contributed by atoms with Gasteiger partial charge in [-0.3, -0.25) is 14.9 Å². The van der Waals surface area contributed by atoms with Crippen molar-refractivity contribution in [2.75, 3.05) is 11.9 Å². The first-order valence-corrected chi connectivity index (χ1v) is 7.71. The number of ether oxygens (including phenoxy) is 1. The van der Waals surface area contributed by atoms with Crippen molar-refractivity contribution < 1.29 is 19.2 Å². The summed E-state index contributed by atoms with van der Waals surface area (Å²) in [5, 5.41) is 13.4. The summed E-state index contributed by atoms with van der Waals surface area (Å²) in [7, 11) is 0. The number of aryl methyl sites for hydroxylation is 2. The van der Waals surface area contributed by atoms with Crippen LogP contribution in [0, 0.1) is 17.0 Å². The van der Waals surface area contributed by atoms with E-state index in [0.29, 0.717) is 11.1 Å². The van der Waals surface area contributed by atoms with Crippen LogP contribution in [-0.2, 0) is 16.0 Å². The summed E-state index contributed by atoms with van der Waals surface area (Å²) in [6.45, 7) is 3.19. The number of carbonyl (C=O) groups is 2. The standard InChI is InChI=1S/C18H18N2O5/c1-3-13-5-7-14(8-6-13)18(22)25-11-17(21)19-15-9-4-12(2)10-16(15)20(23)24/h4-10H,3,11H2,1-2H3,(H,19,21). The quantitative estimate of drug-likeness (QED) is 0.493. The smallest absolute Gasteiger partial charge is 0.338 e. The van der Waals surface area contributed by atoms with E-state index >= 15 is 0 Å². The van der Waals surface area contributed by atoms with E-state index in [4.69, 9.17) is 4.74 Å². The Labute approximate surface area is 144 Å². The Morgan fingerprint density at radius 1 is 1.16 bits per heavy atom. The third kappa shape index (κ3) is 4.87. The Morgan fingerprint density at radius 2 is 1.84 bits per heavy atom. The van der Waals surface area contributed by atoms with Crippen molar-refractivity contribution in [1.82, 2.24) is 0 Å². The maximum Gasteiger partial charge on any atom is 0.338 e. The van der Waals surface area contributed by atoms with Gasteiger partial charge in [-0.15, -0.1) is 0 Å². The van der Waals surface area contributed by atoms with Crippen LogP contribution in [0.3, 0.4) is 0 Å². The highest BCUT2D eigenvalue weighted by molar-refractivity contribution is 5.96. The molecule has 0 heterocycles. The number of rotatable bonds is 6. The summed E-state index contributed by atoms with van der Waals surface area (Å²) in [4.78, 5) is 34.3. The zero-order chi connectivity index (χ0) is 18.4. The van der Waals surface area contributed by atoms with Crippen molar-refractivity contribution in [3.05, 3.63) is 69.3 Å². The van der Waals surface area contributed by atoms with Gasteiger partial charge < -0.3 is 10.1 Å². The minimum absolute atomic E-state index is 0.0592. The normalized spacial score (nSPS) is 10.2. The van der Waals surface area contributed by atoms with Crippen LogP contribution < -0.4 is 5.32 Å². The molecular weight excluding hydrogens is 324 g/mol. The zero-order valence-corrected chi connectivity index (χ0v) is 13.9. The second kappa shape index (κ2) is 8.05. The highest BCUT2D eigenvalue weighted by Crippen LogP contribution is 2.25. The zero-order valence-electron chi connectivity index (χ0n) is 13.9. The lowest BCUT2D eigenvalue weighted by molar-refractivity contribution is -0.384. The number of nitro groups is 1. The largest absolute Gasteiger partial charge is 0.452 e. The Balaban J connectivity index is 1.96. The van der Waals surface area contributed by atoms with Gasteiger partial charge in [-0.25, -0.2) is 4.79 Å². The molecule has 2 rings (SSSR count). The van der Waals surface area contributed by atoms with Crippen molar-refractivity contribution in [3.63, 3.8) is 0 Å². The summed E-state index contributed by atoms with van der Waals surface area (Å²) in [6, 6.07) is 11.3. The molecule has 0 aliphatic heterocycles. The van der Waals surface area contributed by atoms with Crippen LogP contribution in [0.1, 0.15) is 28.4 Å². The number of nitro benzene ring substituents is 1. The van der Waals surface area contributed by atoms with Crippen LogP contribution in [0.4, 0.5) is 11.4 Å². The Bertz CT molecular complexity index is 800. The fourth-order valence-electron chi connectivity index (χ4n) is 2.18. The van der Waals surface area contributed by atoms with Crippen LogP contribution in [0.25, 0.3) is 0 Å². The van der Waals surface area contributed by atoms with E-state index in [9.17, 15) is 19.7 Å². The SMILES string of the molecule is CCc1ccc(C(=O)OCC(=O)Nc2ccc(C)cc2[N+](=O)[O-])cc1. The van der Waals surface area contributed by atoms with Crippen molar-refractivity contribution in [1.29, 1.82) is 0 Å². The number of carbonyl (C=O) groups excluding carboxylic acids is 2. The Morgan fingerprint density at radius 3 is 2.44 bits per heavy atom. The number of esters is 1. The second-order valence-corrected chi connectivity index (χ2v) is 5.45. The lowest BCUT2D eigenvalue weighted by atomic mass is 10.1. The van der Waals surface area contributed by atoms with Gasteiger partial charge in [0.25, 0.3) is 11.6 Å². The predicted molar refractivity (Wildman–Crippen MR) is 92.6 cm³/mol. The van der Waals surface area contributed by atoms with Gasteiger partial charge in [0.2, 0.25) is 0 Å². The average molecular weight is 342 g/mol. The van der Waals surface area contributed by atoms with E-state index in [2.05, 4.69) is 5.32 Å². The molecule has 25 heavy (non-hydrogen) atoms. The topological polar surface area (TPSA) is 98.5 Å². The molecule has 0 spiro atoms. The Kier molecular flexibility index (Phi) is 5.84. The summed E-state index contributed by atoms with van der Waals surface area (Å²) in [5.74, 6) is -1.28. The number of amides is 1. The van der Waals surface area contributed by atoms with Crippen molar-refractivity contribution in [2.45, 2.75) is 20.3 Å². The van der Waals surface area contributed by atoms with Crippen LogP contribution in [-0.4, -0.2) is 23.4 Å². The van der Waals surface area contributed by atoms with Crippen molar-refractivity contribution in [3.8, 4) is 0 Å². The average Bonchev–Trinajstić information content (AvgIpc) is 2.61. The van der Waals surface area contributed by atoms with Gasteiger partial charge >= 0.3 is 5.97 Å². The first kappa shape index (κ1) is 18.1. The van der Waals surface area contributed by atoms with Crippen molar-refractivity contribution in [2.24, 2.45) is 0 Å². The summed E-state index contributed by atoms with van der Waals surface area (Å²) in [6.07, 6.45) is 0.854. The molecule has 0 atom stereocenters. The second-order valence-electron chi connectivity index (χ2n) is 5.45. The maximum absolute atomic E-state index is 11.9. The summed E-state index contributed by atoms with van der Waals surface area (Å²) >= 11 is 0. The predicted octanol–water partition coefficient (Wildman–Crippen LogP) is 3.26. The third-order valence-corrected chi connectivity index (χ3v) is 3.56. The van der Waals surface area contributed by atoms with Gasteiger partial charge in [-0.05, 0) is 42.7 Å². The minimum Gasteiger partial charge on any atom is -0.452 e. The summed E-state index contributed by atoms with van der Waals surface area (Å²) in [5.41, 5.74) is 1.97. The molecule has 0 radical (unpaired) electrons. The molecule has 0 saturated heterocycles. The summed E-state index contributed by atoms with van der Waals surface area (Å²) < 4.78 is 4.94. The molecule has 0 bridgehead atoms. The highest BCUT2D eigenvalue weighted by atomic mass is 16.6. The molecule has 130 valence electrons. The first-order chi connectivity index (χ1) is 11.9. The van der Waals surface area contributed by atoms with E-state index < -0.39 is 23.4 Å². The van der Waals surface area contributed by atoms with E-state index in [1.54, 1.807) is 25.1 Å². The lowest BCUT2D eigenvalue weighted by Gasteiger charge is -2.08. The third-order valence-electron chi connectivity index (χ3n) is 3.56. The molecule has 0 aromatic heterocycles. The van der Waals surface area contributed by atoms with Gasteiger partial charge in [0.1, 0.15) is 5.69 Å². The van der Waals surface area contributed by atoms with E-state index in [0.717, 1.165) is 12.0 Å². The van der Waals surface area contributed by atoms with Gasteiger partial charge in [-0.1, -0.05) is 25.1 Å². The van der Waals surface area contributed by atoms with Crippen LogP contribution in [0.15, 0.2) is 42.5 Å². The molecule has 7 heteroatoms. The molecule has 0 fully saturated rings. The molecule has 0 saturated carbocycles. The molecule has 7 nitrogen and oxygen atoms in total. The van der Waals surface area contributed by atoms with Gasteiger partial charge in [0.05, 0.1) is 10.5 Å². The lowest BCUT2D eigenvalue weighted by Crippen LogP contribution is -2.21. The van der Waals surface area contributed by atoms with Gasteiger partial charge in [-0.2, -0.15) is 0 Å². The molecule has 2 aromatic rings. The van der Waals surface area contributed by atoms with E-state index in [1.807, 2.05) is 19.1 Å². The van der Waals surface area contributed by atoms with Crippen LogP contribution >= 0.6 is 0 Å². The van der Waals surface area contributed by atoms with Gasteiger partial charge in [0.15, 0.2) is 6.61 Å². The van der Waals surface area contributed by atoms with E-state index in [-0.39, 0.29) is 11.4 Å². The highest BCUT2D eigenvalue weighted by Gasteiger charge is 2.17. The monoisotopic (exact) mass is 342 g/mol. The van der Waals surface area contributed by atoms with Crippen molar-refractivity contribution >= 4 is 23.3 Å². The van der Waals surface area contributed by atoms with Crippen LogP contribution in [0.5, 0.6) is 0 Å². The number of hydrogen-bond donors (Lipinski definition) is 1. The number of nitrogens with one attached hydrogen (secondary N) is 1. The molecule has 2 aromatic carbocycles. The fraction of sp³-hybridized carbons (Fsp3) is 0.222. The molecule has 1 amide bonds. The molecule has 0 aliphatic rings.